The number of piperazine rings is 1. The average molecular weight is 418 g/mol. The van der Waals surface area contributed by atoms with Crippen LogP contribution in [0.4, 0.5) is 5.69 Å². The fourth-order valence-electron chi connectivity index (χ4n) is 3.96. The van der Waals surface area contributed by atoms with Gasteiger partial charge in [-0.3, -0.25) is 9.59 Å². The van der Waals surface area contributed by atoms with Crippen LogP contribution in [0, 0.1) is 13.8 Å². The van der Waals surface area contributed by atoms with Crippen LogP contribution in [0.2, 0.25) is 0 Å². The molecular formula is C21H22N8O2. The van der Waals surface area contributed by atoms with E-state index < -0.39 is 0 Å². The fraction of sp³-hybridized carbons (Fsp3) is 0.333. The first-order valence-corrected chi connectivity index (χ1v) is 10.1. The molecule has 1 aromatic carbocycles. The van der Waals surface area contributed by atoms with Crippen molar-refractivity contribution in [2.75, 3.05) is 31.1 Å². The predicted molar refractivity (Wildman–Crippen MR) is 115 cm³/mol. The molecule has 10 heteroatoms. The molecule has 31 heavy (non-hydrogen) atoms. The van der Waals surface area contributed by atoms with Gasteiger partial charge in [-0.1, -0.05) is 0 Å². The van der Waals surface area contributed by atoms with Crippen LogP contribution >= 0.6 is 0 Å². The Balaban J connectivity index is 1.33. The molecule has 1 saturated heterocycles. The van der Waals surface area contributed by atoms with Crippen LogP contribution in [0.15, 0.2) is 35.4 Å². The maximum absolute atomic E-state index is 12.9. The summed E-state index contributed by atoms with van der Waals surface area (Å²) in [5.41, 5.74) is 3.32. The third-order valence-electron chi connectivity index (χ3n) is 5.64. The smallest absolute Gasteiger partial charge is 0.293 e. The van der Waals surface area contributed by atoms with E-state index in [0.29, 0.717) is 42.9 Å². The van der Waals surface area contributed by atoms with Crippen molar-refractivity contribution in [1.29, 1.82) is 0 Å². The van der Waals surface area contributed by atoms with Crippen molar-refractivity contribution in [3.05, 3.63) is 58.2 Å². The molecule has 1 aliphatic rings. The van der Waals surface area contributed by atoms with Crippen LogP contribution in [0.5, 0.6) is 0 Å². The molecule has 1 aliphatic heterocycles. The van der Waals surface area contributed by atoms with Gasteiger partial charge in [0.15, 0.2) is 0 Å². The Labute approximate surface area is 177 Å². The van der Waals surface area contributed by atoms with Gasteiger partial charge in [0, 0.05) is 50.3 Å². The van der Waals surface area contributed by atoms with Crippen molar-refractivity contribution >= 4 is 28.3 Å². The largest absolute Gasteiger partial charge is 0.368 e. The van der Waals surface area contributed by atoms with Gasteiger partial charge in [0.05, 0.1) is 17.2 Å². The Bertz CT molecular complexity index is 1380. The van der Waals surface area contributed by atoms with Gasteiger partial charge in [-0.15, -0.1) is 5.10 Å². The summed E-state index contributed by atoms with van der Waals surface area (Å²) in [7, 11) is 1.69. The Kier molecular flexibility index (Phi) is 4.42. The van der Waals surface area contributed by atoms with E-state index in [4.69, 9.17) is 0 Å². The predicted octanol–water partition coefficient (Wildman–Crippen LogP) is 0.950. The van der Waals surface area contributed by atoms with E-state index in [1.54, 1.807) is 16.5 Å². The lowest BCUT2D eigenvalue weighted by Crippen LogP contribution is -2.49. The fourth-order valence-corrected chi connectivity index (χ4v) is 3.96. The average Bonchev–Trinajstić information content (AvgIpc) is 3.20. The summed E-state index contributed by atoms with van der Waals surface area (Å²) < 4.78 is 3.07. The monoisotopic (exact) mass is 418 g/mol. The maximum atomic E-state index is 12.9. The lowest BCUT2D eigenvalue weighted by molar-refractivity contribution is 0.0734. The van der Waals surface area contributed by atoms with E-state index in [1.807, 2.05) is 38.1 Å². The SMILES string of the molecule is Cc1cc(C)n2nc(C(=O)N3CCN(c4ccc5c(=O)n(C)cnc5c4)CC3)nc2n1. The molecule has 0 atom stereocenters. The minimum Gasteiger partial charge on any atom is -0.368 e. The third kappa shape index (κ3) is 3.29. The van der Waals surface area contributed by atoms with Crippen LogP contribution in [-0.4, -0.2) is 66.1 Å². The molecule has 0 N–H and O–H groups in total. The van der Waals surface area contributed by atoms with Crippen LogP contribution < -0.4 is 10.5 Å². The van der Waals surface area contributed by atoms with Gasteiger partial charge in [0.2, 0.25) is 5.82 Å². The van der Waals surface area contributed by atoms with Crippen molar-refractivity contribution in [2.45, 2.75) is 13.8 Å². The lowest BCUT2D eigenvalue weighted by Gasteiger charge is -2.35. The van der Waals surface area contributed by atoms with Crippen molar-refractivity contribution in [1.82, 2.24) is 34.0 Å². The number of nitrogens with zero attached hydrogens (tertiary/aromatic N) is 8. The number of carbonyl (C=O) groups excluding carboxylic acids is 1. The molecule has 3 aromatic heterocycles. The molecule has 4 aromatic rings. The molecule has 0 saturated carbocycles. The van der Waals surface area contributed by atoms with E-state index in [0.717, 1.165) is 17.1 Å². The Morgan fingerprint density at radius 2 is 1.81 bits per heavy atom. The molecule has 10 nitrogen and oxygen atoms in total. The number of amides is 1. The molecule has 0 bridgehead atoms. The molecule has 1 amide bonds. The van der Waals surface area contributed by atoms with Crippen molar-refractivity contribution in [3.63, 3.8) is 0 Å². The van der Waals surface area contributed by atoms with Crippen LogP contribution in [-0.2, 0) is 7.05 Å². The second kappa shape index (κ2) is 7.15. The number of rotatable bonds is 2. The standard InChI is InChI=1S/C21H22N8O2/c1-13-10-14(2)29-21(23-13)24-18(25-29)20(31)28-8-6-27(7-9-28)15-4-5-16-17(11-15)22-12-26(3)19(16)30/h4-5,10-12H,6-9H2,1-3H3. The van der Waals surface area contributed by atoms with E-state index in [-0.39, 0.29) is 17.3 Å². The van der Waals surface area contributed by atoms with Crippen molar-refractivity contribution < 1.29 is 4.79 Å². The van der Waals surface area contributed by atoms with Gasteiger partial charge in [0.25, 0.3) is 17.2 Å². The first-order chi connectivity index (χ1) is 14.9. The Morgan fingerprint density at radius 1 is 1.03 bits per heavy atom. The summed E-state index contributed by atoms with van der Waals surface area (Å²) in [5, 5.41) is 4.95. The molecule has 0 unspecified atom stereocenters. The number of aromatic nitrogens is 6. The number of carbonyl (C=O) groups is 1. The second-order valence-electron chi connectivity index (χ2n) is 7.83. The molecular weight excluding hydrogens is 396 g/mol. The van der Waals surface area contributed by atoms with E-state index in [1.165, 1.54) is 10.9 Å². The number of aryl methyl sites for hydroxylation is 3. The topological polar surface area (TPSA) is 102 Å². The minimum atomic E-state index is -0.189. The quantitative estimate of drug-likeness (QED) is 0.478. The molecule has 5 rings (SSSR count). The highest BCUT2D eigenvalue weighted by Crippen LogP contribution is 2.21. The minimum absolute atomic E-state index is 0.0631. The van der Waals surface area contributed by atoms with E-state index in [9.17, 15) is 9.59 Å². The Morgan fingerprint density at radius 3 is 2.58 bits per heavy atom. The molecule has 0 radical (unpaired) electrons. The van der Waals surface area contributed by atoms with Crippen LogP contribution in [0.1, 0.15) is 22.0 Å². The van der Waals surface area contributed by atoms with Gasteiger partial charge >= 0.3 is 0 Å². The maximum Gasteiger partial charge on any atom is 0.293 e. The molecule has 0 aliphatic carbocycles. The number of anilines is 1. The third-order valence-corrected chi connectivity index (χ3v) is 5.64. The number of hydrogen-bond acceptors (Lipinski definition) is 7. The Hall–Kier alpha value is -3.82. The highest BCUT2D eigenvalue weighted by Gasteiger charge is 2.26. The summed E-state index contributed by atoms with van der Waals surface area (Å²) in [6, 6.07) is 7.58. The zero-order valence-electron chi connectivity index (χ0n) is 17.6. The summed E-state index contributed by atoms with van der Waals surface area (Å²) in [6.45, 7) is 6.27. The van der Waals surface area contributed by atoms with Gasteiger partial charge in [-0.05, 0) is 38.1 Å². The number of hydrogen-bond donors (Lipinski definition) is 0. The van der Waals surface area contributed by atoms with Crippen molar-refractivity contribution in [2.24, 2.45) is 7.05 Å². The highest BCUT2D eigenvalue weighted by atomic mass is 16.2. The van der Waals surface area contributed by atoms with Crippen LogP contribution in [0.25, 0.3) is 16.7 Å². The van der Waals surface area contributed by atoms with Gasteiger partial charge < -0.3 is 14.4 Å². The molecule has 4 heterocycles. The normalized spacial score (nSPS) is 14.5. The summed E-state index contributed by atoms with van der Waals surface area (Å²) in [5.74, 6) is 0.417. The molecule has 1 fully saturated rings. The van der Waals surface area contributed by atoms with Crippen LogP contribution in [0.3, 0.4) is 0 Å². The van der Waals surface area contributed by atoms with Crippen molar-refractivity contribution in [3.8, 4) is 0 Å². The van der Waals surface area contributed by atoms with Gasteiger partial charge in [0.1, 0.15) is 0 Å². The molecule has 158 valence electrons. The van der Waals surface area contributed by atoms with E-state index >= 15 is 0 Å². The number of benzene rings is 1. The summed E-state index contributed by atoms with van der Waals surface area (Å²) in [4.78, 5) is 42.2. The van der Waals surface area contributed by atoms with Gasteiger partial charge in [-0.2, -0.15) is 4.98 Å². The molecule has 0 spiro atoms. The van der Waals surface area contributed by atoms with Gasteiger partial charge in [-0.25, -0.2) is 14.5 Å². The summed E-state index contributed by atoms with van der Waals surface area (Å²) in [6.07, 6.45) is 1.53. The first-order valence-electron chi connectivity index (χ1n) is 10.1. The number of fused-ring (bicyclic) bond motifs is 2. The second-order valence-corrected chi connectivity index (χ2v) is 7.83. The highest BCUT2D eigenvalue weighted by molar-refractivity contribution is 5.91. The zero-order chi connectivity index (χ0) is 21.7. The van der Waals surface area contributed by atoms with E-state index in [2.05, 4.69) is 25.0 Å². The lowest BCUT2D eigenvalue weighted by atomic mass is 10.2. The first kappa shape index (κ1) is 19.2. The zero-order valence-corrected chi connectivity index (χ0v) is 17.6. The summed E-state index contributed by atoms with van der Waals surface area (Å²) >= 11 is 0.